The third-order valence-corrected chi connectivity index (χ3v) is 4.36. The lowest BCUT2D eigenvalue weighted by Gasteiger charge is -2.18. The van der Waals surface area contributed by atoms with Crippen LogP contribution in [0.5, 0.6) is 0 Å². The van der Waals surface area contributed by atoms with Gasteiger partial charge in [0.25, 0.3) is 5.89 Å². The second kappa shape index (κ2) is 5.92. The van der Waals surface area contributed by atoms with E-state index in [0.29, 0.717) is 24.7 Å². The molecule has 1 aliphatic rings. The van der Waals surface area contributed by atoms with Gasteiger partial charge in [0.15, 0.2) is 5.82 Å². The summed E-state index contributed by atoms with van der Waals surface area (Å²) in [7, 11) is 0. The predicted octanol–water partition coefficient (Wildman–Crippen LogP) is 3.57. The summed E-state index contributed by atoms with van der Waals surface area (Å²) in [5.74, 6) is 1.14. The molecule has 0 spiro atoms. The minimum Gasteiger partial charge on any atom is -0.334 e. The molecule has 120 valence electrons. The Bertz CT molecular complexity index is 873. The van der Waals surface area contributed by atoms with Gasteiger partial charge in [-0.25, -0.2) is 0 Å². The normalized spacial score (nSPS) is 17.5. The maximum atomic E-state index is 12.4. The average molecular weight is 319 g/mol. The van der Waals surface area contributed by atoms with Crippen LogP contribution in [0.15, 0.2) is 59.1 Å². The summed E-state index contributed by atoms with van der Waals surface area (Å²) < 4.78 is 5.37. The molecular weight excluding hydrogens is 302 g/mol. The molecule has 5 heteroatoms. The van der Waals surface area contributed by atoms with Crippen molar-refractivity contribution in [3.63, 3.8) is 0 Å². The van der Waals surface area contributed by atoms with Crippen LogP contribution < -0.4 is 4.90 Å². The van der Waals surface area contributed by atoms with Gasteiger partial charge in [-0.3, -0.25) is 4.79 Å². The number of rotatable bonds is 3. The van der Waals surface area contributed by atoms with Gasteiger partial charge in [-0.15, -0.1) is 0 Å². The zero-order chi connectivity index (χ0) is 16.5. The Hall–Kier alpha value is -2.95. The van der Waals surface area contributed by atoms with Crippen LogP contribution in [-0.4, -0.2) is 22.6 Å². The first-order chi connectivity index (χ1) is 11.7. The molecule has 1 aromatic heterocycles. The quantitative estimate of drug-likeness (QED) is 0.740. The zero-order valence-corrected chi connectivity index (χ0v) is 13.3. The summed E-state index contributed by atoms with van der Waals surface area (Å²) in [5.41, 5.74) is 2.93. The van der Waals surface area contributed by atoms with Gasteiger partial charge in [0.1, 0.15) is 0 Å². The van der Waals surface area contributed by atoms with Crippen molar-refractivity contribution in [2.24, 2.45) is 0 Å². The van der Waals surface area contributed by atoms with Gasteiger partial charge in [-0.2, -0.15) is 4.98 Å². The maximum absolute atomic E-state index is 12.4. The second-order valence-electron chi connectivity index (χ2n) is 6.02. The van der Waals surface area contributed by atoms with Crippen LogP contribution in [0.3, 0.4) is 0 Å². The molecule has 1 fully saturated rings. The molecule has 1 aliphatic heterocycles. The molecule has 0 N–H and O–H groups in total. The minimum absolute atomic E-state index is 0.0432. The SMILES string of the molecule is Cc1ccccc1N1CC(c2noc(-c3ccccc3)n2)CC1=O. The van der Waals surface area contributed by atoms with Crippen molar-refractivity contribution >= 4 is 11.6 Å². The monoisotopic (exact) mass is 319 g/mol. The van der Waals surface area contributed by atoms with E-state index in [1.54, 1.807) is 0 Å². The third-order valence-electron chi connectivity index (χ3n) is 4.36. The number of nitrogens with zero attached hydrogens (tertiary/aromatic N) is 3. The van der Waals surface area contributed by atoms with Crippen LogP contribution in [0, 0.1) is 6.92 Å². The largest absolute Gasteiger partial charge is 0.334 e. The van der Waals surface area contributed by atoms with Crippen LogP contribution in [0.1, 0.15) is 23.7 Å². The Morgan fingerprint density at radius 1 is 1.08 bits per heavy atom. The second-order valence-corrected chi connectivity index (χ2v) is 6.02. The molecule has 0 bridgehead atoms. The van der Waals surface area contributed by atoms with Gasteiger partial charge in [0.2, 0.25) is 5.91 Å². The molecule has 0 radical (unpaired) electrons. The number of benzene rings is 2. The Morgan fingerprint density at radius 2 is 1.83 bits per heavy atom. The zero-order valence-electron chi connectivity index (χ0n) is 13.3. The van der Waals surface area contributed by atoms with E-state index in [1.807, 2.05) is 66.4 Å². The van der Waals surface area contributed by atoms with Gasteiger partial charge in [0, 0.05) is 30.1 Å². The Balaban J connectivity index is 1.58. The molecular formula is C19H17N3O2. The molecule has 1 atom stereocenters. The summed E-state index contributed by atoms with van der Waals surface area (Å²) in [6.07, 6.45) is 0.405. The van der Waals surface area contributed by atoms with Gasteiger partial charge in [-0.05, 0) is 30.7 Å². The van der Waals surface area contributed by atoms with E-state index in [2.05, 4.69) is 10.1 Å². The summed E-state index contributed by atoms with van der Waals surface area (Å²) in [4.78, 5) is 18.7. The van der Waals surface area contributed by atoms with Gasteiger partial charge < -0.3 is 9.42 Å². The highest BCUT2D eigenvalue weighted by Gasteiger charge is 2.35. The highest BCUT2D eigenvalue weighted by Crippen LogP contribution is 2.32. The first-order valence-electron chi connectivity index (χ1n) is 7.97. The average Bonchev–Trinajstić information content (AvgIpc) is 3.23. The van der Waals surface area contributed by atoms with Crippen LogP contribution in [0.2, 0.25) is 0 Å². The number of amides is 1. The number of carbonyl (C=O) groups is 1. The van der Waals surface area contributed by atoms with E-state index in [-0.39, 0.29) is 11.8 Å². The van der Waals surface area contributed by atoms with E-state index in [1.165, 1.54) is 0 Å². The highest BCUT2D eigenvalue weighted by atomic mass is 16.5. The van der Waals surface area contributed by atoms with Crippen LogP contribution in [0.4, 0.5) is 5.69 Å². The van der Waals surface area contributed by atoms with Gasteiger partial charge in [-0.1, -0.05) is 41.6 Å². The van der Waals surface area contributed by atoms with Crippen molar-refractivity contribution in [2.75, 3.05) is 11.4 Å². The third kappa shape index (κ3) is 2.58. The summed E-state index contributed by atoms with van der Waals surface area (Å²) in [6, 6.07) is 17.6. The van der Waals surface area contributed by atoms with E-state index < -0.39 is 0 Å². The van der Waals surface area contributed by atoms with Crippen molar-refractivity contribution in [3.8, 4) is 11.5 Å². The highest BCUT2D eigenvalue weighted by molar-refractivity contribution is 5.97. The van der Waals surface area contributed by atoms with E-state index in [4.69, 9.17) is 4.52 Å². The lowest BCUT2D eigenvalue weighted by Crippen LogP contribution is -2.25. The fourth-order valence-electron chi connectivity index (χ4n) is 3.08. The number of hydrogen-bond donors (Lipinski definition) is 0. The molecule has 2 aromatic carbocycles. The van der Waals surface area contributed by atoms with Crippen molar-refractivity contribution in [1.82, 2.24) is 10.1 Å². The molecule has 0 aliphatic carbocycles. The number of aromatic nitrogens is 2. The first kappa shape index (κ1) is 14.6. The van der Waals surface area contributed by atoms with E-state index in [9.17, 15) is 4.79 Å². The molecule has 0 saturated carbocycles. The topological polar surface area (TPSA) is 59.2 Å². The Labute approximate surface area is 139 Å². The lowest BCUT2D eigenvalue weighted by molar-refractivity contribution is -0.117. The molecule has 4 rings (SSSR count). The summed E-state index contributed by atoms with van der Waals surface area (Å²) in [5, 5.41) is 4.09. The summed E-state index contributed by atoms with van der Waals surface area (Å²) in [6.45, 7) is 2.59. The molecule has 1 unspecified atom stereocenters. The maximum Gasteiger partial charge on any atom is 0.257 e. The molecule has 24 heavy (non-hydrogen) atoms. The molecule has 5 nitrogen and oxygen atoms in total. The summed E-state index contributed by atoms with van der Waals surface area (Å²) >= 11 is 0. The fraction of sp³-hybridized carbons (Fsp3) is 0.211. The Morgan fingerprint density at radius 3 is 2.62 bits per heavy atom. The number of aryl methyl sites for hydroxylation is 1. The number of carbonyl (C=O) groups excluding carboxylic acids is 1. The van der Waals surface area contributed by atoms with Gasteiger partial charge in [0.05, 0.1) is 0 Å². The standard InChI is InChI=1S/C19H17N3O2/c1-13-7-5-6-10-16(13)22-12-15(11-17(22)23)18-20-19(24-21-18)14-8-3-2-4-9-14/h2-10,15H,11-12H2,1H3. The van der Waals surface area contributed by atoms with Crippen LogP contribution >= 0.6 is 0 Å². The predicted molar refractivity (Wildman–Crippen MR) is 90.6 cm³/mol. The van der Waals surface area contributed by atoms with E-state index >= 15 is 0 Å². The number of hydrogen-bond acceptors (Lipinski definition) is 4. The van der Waals surface area contributed by atoms with Crippen molar-refractivity contribution < 1.29 is 9.32 Å². The van der Waals surface area contributed by atoms with Crippen molar-refractivity contribution in [1.29, 1.82) is 0 Å². The van der Waals surface area contributed by atoms with Crippen molar-refractivity contribution in [3.05, 3.63) is 66.0 Å². The fourth-order valence-corrected chi connectivity index (χ4v) is 3.08. The van der Waals surface area contributed by atoms with Crippen LogP contribution in [0.25, 0.3) is 11.5 Å². The van der Waals surface area contributed by atoms with Gasteiger partial charge >= 0.3 is 0 Å². The smallest absolute Gasteiger partial charge is 0.257 e. The Kier molecular flexibility index (Phi) is 3.61. The minimum atomic E-state index is -0.0432. The lowest BCUT2D eigenvalue weighted by atomic mass is 10.1. The molecule has 2 heterocycles. The number of para-hydroxylation sites is 1. The van der Waals surface area contributed by atoms with Crippen molar-refractivity contribution in [2.45, 2.75) is 19.3 Å². The molecule has 1 saturated heterocycles. The van der Waals surface area contributed by atoms with Crippen LogP contribution in [-0.2, 0) is 4.79 Å². The molecule has 1 amide bonds. The number of anilines is 1. The first-order valence-corrected chi connectivity index (χ1v) is 7.97. The van der Waals surface area contributed by atoms with E-state index in [0.717, 1.165) is 16.8 Å². The molecule has 3 aromatic rings.